The molecule has 0 aliphatic carbocycles. The van der Waals surface area contributed by atoms with Crippen LogP contribution in [0.1, 0.15) is 17.0 Å². The molecule has 108 valence electrons. The summed E-state index contributed by atoms with van der Waals surface area (Å²) in [5.74, 6) is 1.41. The molecule has 0 spiro atoms. The van der Waals surface area contributed by atoms with Crippen LogP contribution >= 0.6 is 23.1 Å². The Hall–Kier alpha value is -1.66. The van der Waals surface area contributed by atoms with E-state index in [9.17, 15) is 4.39 Å². The predicted octanol–water partition coefficient (Wildman–Crippen LogP) is 4.85. The van der Waals surface area contributed by atoms with Crippen molar-refractivity contribution in [2.24, 2.45) is 0 Å². The van der Waals surface area contributed by atoms with Crippen LogP contribution in [0, 0.1) is 19.7 Å². The summed E-state index contributed by atoms with van der Waals surface area (Å²) in [4.78, 5) is 4.58. The topological polar surface area (TPSA) is 38.9 Å². The highest BCUT2D eigenvalue weighted by Gasteiger charge is 2.11. The molecule has 0 saturated carbocycles. The van der Waals surface area contributed by atoms with Gasteiger partial charge in [0, 0.05) is 22.3 Å². The second kappa shape index (κ2) is 5.99. The van der Waals surface area contributed by atoms with Crippen molar-refractivity contribution in [2.75, 3.05) is 0 Å². The third-order valence-corrected chi connectivity index (χ3v) is 5.19. The van der Waals surface area contributed by atoms with Crippen molar-refractivity contribution in [1.29, 1.82) is 0 Å². The number of aryl methyl sites for hydroxylation is 2. The van der Waals surface area contributed by atoms with E-state index in [-0.39, 0.29) is 5.82 Å². The Morgan fingerprint density at radius 1 is 1.24 bits per heavy atom. The lowest BCUT2D eigenvalue weighted by atomic mass is 10.2. The number of rotatable bonds is 4. The second-order valence-corrected chi connectivity index (χ2v) is 6.68. The van der Waals surface area contributed by atoms with Gasteiger partial charge in [-0.1, -0.05) is 16.9 Å². The van der Waals surface area contributed by atoms with Gasteiger partial charge in [-0.05, 0) is 38.1 Å². The van der Waals surface area contributed by atoms with Gasteiger partial charge in [0.05, 0.1) is 11.4 Å². The minimum atomic E-state index is -0.234. The molecule has 3 aromatic rings. The average molecular weight is 320 g/mol. The number of hydrogen-bond donors (Lipinski definition) is 0. The lowest BCUT2D eigenvalue weighted by molar-refractivity contribution is 0.392. The molecule has 0 N–H and O–H groups in total. The number of aromatic nitrogens is 2. The molecule has 0 aliphatic rings. The summed E-state index contributed by atoms with van der Waals surface area (Å²) in [5, 5.41) is 5.94. The van der Waals surface area contributed by atoms with E-state index in [0.717, 1.165) is 38.4 Å². The van der Waals surface area contributed by atoms with Crippen molar-refractivity contribution in [3.8, 4) is 11.3 Å². The van der Waals surface area contributed by atoms with Crippen LogP contribution in [0.15, 0.2) is 38.5 Å². The Bertz CT molecular complexity index is 730. The van der Waals surface area contributed by atoms with Crippen molar-refractivity contribution in [1.82, 2.24) is 10.1 Å². The molecule has 6 heteroatoms. The third-order valence-electron chi connectivity index (χ3n) is 3.14. The number of thiazole rings is 1. The van der Waals surface area contributed by atoms with E-state index in [1.165, 1.54) is 12.1 Å². The smallest absolute Gasteiger partial charge is 0.150 e. The van der Waals surface area contributed by atoms with Gasteiger partial charge in [-0.25, -0.2) is 9.37 Å². The Labute approximate surface area is 130 Å². The minimum Gasteiger partial charge on any atom is -0.361 e. The van der Waals surface area contributed by atoms with Crippen LogP contribution in [0.25, 0.3) is 11.3 Å². The van der Waals surface area contributed by atoms with Gasteiger partial charge in [0.15, 0.2) is 4.34 Å². The zero-order valence-corrected chi connectivity index (χ0v) is 13.2. The zero-order chi connectivity index (χ0) is 14.8. The van der Waals surface area contributed by atoms with Crippen LogP contribution in [-0.2, 0) is 5.75 Å². The van der Waals surface area contributed by atoms with E-state index in [0.29, 0.717) is 0 Å². The van der Waals surface area contributed by atoms with Crippen LogP contribution in [0.2, 0.25) is 0 Å². The van der Waals surface area contributed by atoms with Gasteiger partial charge in [0.25, 0.3) is 0 Å². The lowest BCUT2D eigenvalue weighted by Gasteiger charge is -1.98. The maximum atomic E-state index is 12.9. The molecule has 2 heterocycles. The Morgan fingerprint density at radius 3 is 2.67 bits per heavy atom. The van der Waals surface area contributed by atoms with E-state index in [4.69, 9.17) is 4.52 Å². The second-order valence-electron chi connectivity index (χ2n) is 4.60. The molecule has 3 rings (SSSR count). The van der Waals surface area contributed by atoms with Crippen molar-refractivity contribution in [3.05, 3.63) is 52.5 Å². The van der Waals surface area contributed by atoms with Gasteiger partial charge in [-0.3, -0.25) is 0 Å². The summed E-state index contributed by atoms with van der Waals surface area (Å²) in [6.07, 6.45) is 0. The van der Waals surface area contributed by atoms with E-state index in [1.54, 1.807) is 35.2 Å². The van der Waals surface area contributed by atoms with Crippen LogP contribution in [0.3, 0.4) is 0 Å². The normalized spacial score (nSPS) is 11.0. The Morgan fingerprint density at radius 2 is 2.00 bits per heavy atom. The average Bonchev–Trinajstić information content (AvgIpc) is 3.06. The van der Waals surface area contributed by atoms with Crippen molar-refractivity contribution in [2.45, 2.75) is 23.9 Å². The maximum absolute atomic E-state index is 12.9. The molecule has 0 amide bonds. The summed E-state index contributed by atoms with van der Waals surface area (Å²) in [6.45, 7) is 3.86. The monoisotopic (exact) mass is 320 g/mol. The number of benzene rings is 1. The largest absolute Gasteiger partial charge is 0.361 e. The third kappa shape index (κ3) is 3.16. The van der Waals surface area contributed by atoms with Gasteiger partial charge >= 0.3 is 0 Å². The highest BCUT2D eigenvalue weighted by Crippen LogP contribution is 2.31. The number of halogens is 1. The fraction of sp³-hybridized carbons (Fsp3) is 0.200. The molecular weight excluding hydrogens is 307 g/mol. The number of hydrogen-bond acceptors (Lipinski definition) is 5. The van der Waals surface area contributed by atoms with Crippen LogP contribution in [0.4, 0.5) is 4.39 Å². The van der Waals surface area contributed by atoms with Crippen molar-refractivity contribution >= 4 is 23.1 Å². The summed E-state index contributed by atoms with van der Waals surface area (Å²) < 4.78 is 19.1. The molecule has 1 aromatic carbocycles. The van der Waals surface area contributed by atoms with E-state index in [2.05, 4.69) is 10.1 Å². The highest BCUT2D eigenvalue weighted by atomic mass is 32.2. The first-order valence-corrected chi connectivity index (χ1v) is 8.26. The van der Waals surface area contributed by atoms with Crippen LogP contribution in [0.5, 0.6) is 0 Å². The standard InChI is InChI=1S/C15H13FN2OS2/c1-9-13(10(2)19-18-9)7-20-15-17-14(8-21-15)11-3-5-12(16)6-4-11/h3-6,8H,7H2,1-2H3. The van der Waals surface area contributed by atoms with E-state index >= 15 is 0 Å². The molecule has 0 atom stereocenters. The molecule has 0 bridgehead atoms. The molecule has 0 fully saturated rings. The molecular formula is C15H13FN2OS2. The van der Waals surface area contributed by atoms with Crippen LogP contribution < -0.4 is 0 Å². The lowest BCUT2D eigenvalue weighted by Crippen LogP contribution is -1.85. The fourth-order valence-electron chi connectivity index (χ4n) is 1.92. The summed E-state index contributed by atoms with van der Waals surface area (Å²) >= 11 is 3.25. The van der Waals surface area contributed by atoms with Gasteiger partial charge in [-0.2, -0.15) is 0 Å². The summed E-state index contributed by atoms with van der Waals surface area (Å²) in [5.41, 5.74) is 3.85. The number of thioether (sulfide) groups is 1. The maximum Gasteiger partial charge on any atom is 0.150 e. The SMILES string of the molecule is Cc1noc(C)c1CSc1nc(-c2ccc(F)cc2)cs1. The van der Waals surface area contributed by atoms with Crippen molar-refractivity contribution in [3.63, 3.8) is 0 Å². The van der Waals surface area contributed by atoms with Crippen molar-refractivity contribution < 1.29 is 8.91 Å². The van der Waals surface area contributed by atoms with Gasteiger partial charge in [0.1, 0.15) is 11.6 Å². The van der Waals surface area contributed by atoms with Gasteiger partial charge in [0.2, 0.25) is 0 Å². The van der Waals surface area contributed by atoms with Gasteiger partial charge in [-0.15, -0.1) is 11.3 Å². The molecule has 2 aromatic heterocycles. The fourth-order valence-corrected chi connectivity index (χ4v) is 3.91. The van der Waals surface area contributed by atoms with Gasteiger partial charge < -0.3 is 4.52 Å². The molecule has 3 nitrogen and oxygen atoms in total. The quantitative estimate of drug-likeness (QED) is 0.644. The number of nitrogens with zero attached hydrogens (tertiary/aromatic N) is 2. The molecule has 0 aliphatic heterocycles. The minimum absolute atomic E-state index is 0.234. The van der Waals surface area contributed by atoms with Crippen LogP contribution in [-0.4, -0.2) is 10.1 Å². The first kappa shape index (κ1) is 14.3. The Kier molecular flexibility index (Phi) is 4.07. The first-order chi connectivity index (χ1) is 10.1. The predicted molar refractivity (Wildman–Crippen MR) is 83.0 cm³/mol. The molecule has 0 radical (unpaired) electrons. The molecule has 0 unspecified atom stereocenters. The highest BCUT2D eigenvalue weighted by molar-refractivity contribution is 8.00. The molecule has 0 saturated heterocycles. The Balaban J connectivity index is 1.72. The van der Waals surface area contributed by atoms with E-state index < -0.39 is 0 Å². The molecule has 21 heavy (non-hydrogen) atoms. The van der Waals surface area contributed by atoms with E-state index in [1.807, 2.05) is 19.2 Å². The first-order valence-electron chi connectivity index (χ1n) is 6.39. The summed E-state index contributed by atoms with van der Waals surface area (Å²) in [6, 6.07) is 6.39. The zero-order valence-electron chi connectivity index (χ0n) is 11.6. The summed E-state index contributed by atoms with van der Waals surface area (Å²) in [7, 11) is 0.